The molecule has 0 aromatic carbocycles. The Morgan fingerprint density at radius 2 is 2.20 bits per heavy atom. The molecule has 3 heteroatoms. The maximum atomic E-state index is 10.9. The number of carbonyl (C=O) groups is 2. The van der Waals surface area contributed by atoms with Gasteiger partial charge in [0.25, 0.3) is 0 Å². The van der Waals surface area contributed by atoms with Crippen LogP contribution in [0.25, 0.3) is 0 Å². The topological polar surface area (TPSA) is 46.7 Å². The third-order valence-corrected chi connectivity index (χ3v) is 1.95. The molecule has 0 amide bonds. The molecular formula is C7H6O3. The van der Waals surface area contributed by atoms with E-state index in [0.29, 0.717) is 0 Å². The maximum absolute atomic E-state index is 10.9. The van der Waals surface area contributed by atoms with Crippen LogP contribution in [0.1, 0.15) is 6.92 Å². The number of rotatable bonds is 0. The predicted octanol–water partition coefficient (Wildman–Crippen LogP) is -0.148. The number of fused-ring (bicyclic) bond motifs is 1. The molecular weight excluding hydrogens is 132 g/mol. The molecule has 2 aliphatic rings. The molecule has 1 saturated heterocycles. The van der Waals surface area contributed by atoms with Crippen LogP contribution in [0, 0.1) is 0 Å². The van der Waals surface area contributed by atoms with Crippen molar-refractivity contribution in [2.75, 3.05) is 0 Å². The van der Waals surface area contributed by atoms with E-state index >= 15 is 0 Å². The van der Waals surface area contributed by atoms with Crippen LogP contribution < -0.4 is 0 Å². The van der Waals surface area contributed by atoms with Gasteiger partial charge in [-0.25, -0.2) is 0 Å². The summed E-state index contributed by atoms with van der Waals surface area (Å²) in [6.07, 6.45) is 2.08. The molecule has 0 aromatic heterocycles. The van der Waals surface area contributed by atoms with Crippen molar-refractivity contribution < 1.29 is 14.3 Å². The van der Waals surface area contributed by atoms with Gasteiger partial charge in [-0.15, -0.1) is 0 Å². The van der Waals surface area contributed by atoms with E-state index in [4.69, 9.17) is 4.74 Å². The van der Waals surface area contributed by atoms with Gasteiger partial charge in [0.1, 0.15) is 0 Å². The first kappa shape index (κ1) is 5.80. The number of carbonyl (C=O) groups excluding carboxylic acids is 2. The summed E-state index contributed by atoms with van der Waals surface area (Å²) in [7, 11) is 0. The Kier molecular flexibility index (Phi) is 0.796. The molecule has 0 saturated carbocycles. The summed E-state index contributed by atoms with van der Waals surface area (Å²) >= 11 is 0. The Morgan fingerprint density at radius 3 is 2.80 bits per heavy atom. The Morgan fingerprint density at radius 1 is 1.50 bits per heavy atom. The molecule has 2 atom stereocenters. The third kappa shape index (κ3) is 0.484. The fourth-order valence-corrected chi connectivity index (χ4v) is 1.14. The molecule has 52 valence electrons. The number of hydrogen-bond donors (Lipinski definition) is 0. The summed E-state index contributed by atoms with van der Waals surface area (Å²) in [4.78, 5) is 21.8. The van der Waals surface area contributed by atoms with E-state index in [0.717, 1.165) is 0 Å². The zero-order valence-corrected chi connectivity index (χ0v) is 5.46. The van der Waals surface area contributed by atoms with Crippen LogP contribution in [0.5, 0.6) is 0 Å². The SMILES string of the molecule is CC12OC1C(=O)C=CC2=O. The van der Waals surface area contributed by atoms with Gasteiger partial charge in [-0.2, -0.15) is 0 Å². The molecule has 0 radical (unpaired) electrons. The van der Waals surface area contributed by atoms with Gasteiger partial charge in [0, 0.05) is 0 Å². The number of ketones is 2. The second-order valence-electron chi connectivity index (χ2n) is 2.70. The lowest BCUT2D eigenvalue weighted by Gasteiger charge is -2.02. The van der Waals surface area contributed by atoms with Crippen LogP contribution in [-0.4, -0.2) is 23.3 Å². The smallest absolute Gasteiger partial charge is 0.190 e. The molecule has 10 heavy (non-hydrogen) atoms. The minimum Gasteiger partial charge on any atom is -0.349 e. The summed E-state index contributed by atoms with van der Waals surface area (Å²) < 4.78 is 4.93. The van der Waals surface area contributed by atoms with Crippen LogP contribution in [0.15, 0.2) is 12.2 Å². The first-order chi connectivity index (χ1) is 4.64. The number of ether oxygens (including phenoxy) is 1. The zero-order valence-electron chi connectivity index (χ0n) is 5.46. The van der Waals surface area contributed by atoms with Crippen LogP contribution >= 0.6 is 0 Å². The first-order valence-corrected chi connectivity index (χ1v) is 3.09. The van der Waals surface area contributed by atoms with E-state index in [1.54, 1.807) is 6.92 Å². The highest BCUT2D eigenvalue weighted by Gasteiger charge is 2.62. The van der Waals surface area contributed by atoms with E-state index in [2.05, 4.69) is 0 Å². The van der Waals surface area contributed by atoms with Crippen LogP contribution in [0.3, 0.4) is 0 Å². The van der Waals surface area contributed by atoms with E-state index in [1.165, 1.54) is 12.2 Å². The van der Waals surface area contributed by atoms with Crippen LogP contribution in [-0.2, 0) is 14.3 Å². The first-order valence-electron chi connectivity index (χ1n) is 3.09. The van der Waals surface area contributed by atoms with Crippen molar-refractivity contribution in [3.8, 4) is 0 Å². The lowest BCUT2D eigenvalue weighted by atomic mass is 9.94. The van der Waals surface area contributed by atoms with E-state index in [-0.39, 0.29) is 11.6 Å². The molecule has 1 aliphatic carbocycles. The molecule has 0 N–H and O–H groups in total. The molecule has 1 fully saturated rings. The van der Waals surface area contributed by atoms with Crippen molar-refractivity contribution in [1.82, 2.24) is 0 Å². The molecule has 1 heterocycles. The predicted molar refractivity (Wildman–Crippen MR) is 32.4 cm³/mol. The summed E-state index contributed by atoms with van der Waals surface area (Å²) in [5.74, 6) is -0.195. The zero-order chi connectivity index (χ0) is 7.35. The largest absolute Gasteiger partial charge is 0.349 e. The average molecular weight is 138 g/mol. The normalized spacial score (nSPS) is 43.5. The third-order valence-electron chi connectivity index (χ3n) is 1.95. The highest BCUT2D eigenvalue weighted by molar-refractivity contribution is 6.15. The summed E-state index contributed by atoms with van der Waals surface area (Å²) in [5.41, 5.74) is -0.800. The Bertz CT molecular complexity index is 254. The van der Waals surface area contributed by atoms with Crippen molar-refractivity contribution in [3.63, 3.8) is 0 Å². The lowest BCUT2D eigenvalue weighted by molar-refractivity contribution is -0.121. The van der Waals surface area contributed by atoms with Gasteiger partial charge in [-0.1, -0.05) is 0 Å². The van der Waals surface area contributed by atoms with Crippen LogP contribution in [0.4, 0.5) is 0 Å². The van der Waals surface area contributed by atoms with Gasteiger partial charge in [-0.3, -0.25) is 9.59 Å². The molecule has 0 bridgehead atoms. The number of hydrogen-bond acceptors (Lipinski definition) is 3. The van der Waals surface area contributed by atoms with E-state index in [9.17, 15) is 9.59 Å². The Balaban J connectivity index is 2.42. The monoisotopic (exact) mass is 138 g/mol. The molecule has 0 aromatic rings. The maximum Gasteiger partial charge on any atom is 0.190 e. The minimum absolute atomic E-state index is 0.0953. The van der Waals surface area contributed by atoms with Gasteiger partial charge in [0.05, 0.1) is 0 Å². The summed E-state index contributed by atoms with van der Waals surface area (Å²) in [6.45, 7) is 1.64. The molecule has 3 nitrogen and oxygen atoms in total. The van der Waals surface area contributed by atoms with Crippen LogP contribution in [0.2, 0.25) is 0 Å². The average Bonchev–Trinajstić information content (AvgIpc) is 2.56. The van der Waals surface area contributed by atoms with Crippen molar-refractivity contribution in [1.29, 1.82) is 0 Å². The highest BCUT2D eigenvalue weighted by Crippen LogP contribution is 2.40. The van der Waals surface area contributed by atoms with Crippen molar-refractivity contribution in [3.05, 3.63) is 12.2 Å². The second kappa shape index (κ2) is 1.37. The van der Waals surface area contributed by atoms with Gasteiger partial charge in [-0.05, 0) is 19.1 Å². The van der Waals surface area contributed by atoms with Crippen molar-refractivity contribution in [2.24, 2.45) is 0 Å². The fourth-order valence-electron chi connectivity index (χ4n) is 1.14. The second-order valence-corrected chi connectivity index (χ2v) is 2.70. The molecule has 2 unspecified atom stereocenters. The molecule has 0 spiro atoms. The Hall–Kier alpha value is -0.960. The molecule has 2 rings (SSSR count). The fraction of sp³-hybridized carbons (Fsp3) is 0.429. The number of epoxide rings is 1. The van der Waals surface area contributed by atoms with Crippen molar-refractivity contribution >= 4 is 11.6 Å². The van der Waals surface area contributed by atoms with Gasteiger partial charge in [0.2, 0.25) is 0 Å². The van der Waals surface area contributed by atoms with E-state index < -0.39 is 11.7 Å². The van der Waals surface area contributed by atoms with Gasteiger partial charge < -0.3 is 4.74 Å². The van der Waals surface area contributed by atoms with E-state index in [1.807, 2.05) is 0 Å². The van der Waals surface area contributed by atoms with Gasteiger partial charge >= 0.3 is 0 Å². The molecule has 1 aliphatic heterocycles. The Labute approximate surface area is 57.7 Å². The summed E-state index contributed by atoms with van der Waals surface area (Å²) in [6, 6.07) is 0. The van der Waals surface area contributed by atoms with Gasteiger partial charge in [0.15, 0.2) is 23.3 Å². The van der Waals surface area contributed by atoms with Crippen molar-refractivity contribution in [2.45, 2.75) is 18.6 Å². The lowest BCUT2D eigenvalue weighted by Crippen LogP contribution is -2.28. The highest BCUT2D eigenvalue weighted by atomic mass is 16.6. The standard InChI is InChI=1S/C7H6O3/c1-7-5(9)3-2-4(8)6(7)10-7/h2-3,6H,1H3. The summed E-state index contributed by atoms with van der Waals surface area (Å²) in [5, 5.41) is 0. The minimum atomic E-state index is -0.800. The quantitative estimate of drug-likeness (QED) is 0.437.